The topological polar surface area (TPSA) is 55.8 Å². The summed E-state index contributed by atoms with van der Waals surface area (Å²) < 4.78 is 27.1. The van der Waals surface area contributed by atoms with E-state index in [-0.39, 0.29) is 0 Å². The van der Waals surface area contributed by atoms with Crippen LogP contribution in [0.3, 0.4) is 0 Å². The maximum absolute atomic E-state index is 14.0. The summed E-state index contributed by atoms with van der Waals surface area (Å²) in [6.45, 7) is 0. The standard InChI is InChI=1S/C28H26NO4P/c1-29(26(22-30)21-23-17-19-25(20-18-23)24-11-5-2-6-12-24)34(31,32-27-13-7-3-8-14-27)33-28-15-9-4-10-16-28/h2-20,22,26H,21H2,1H3/t26-/m0/s1. The van der Waals surface area contributed by atoms with Gasteiger partial charge < -0.3 is 13.8 Å². The van der Waals surface area contributed by atoms with E-state index in [1.807, 2.05) is 54.6 Å². The number of carbonyl (C=O) groups is 1. The van der Waals surface area contributed by atoms with Gasteiger partial charge in [0.1, 0.15) is 17.8 Å². The highest BCUT2D eigenvalue weighted by atomic mass is 31.2. The maximum atomic E-state index is 14.0. The number of para-hydroxylation sites is 2. The lowest BCUT2D eigenvalue weighted by Gasteiger charge is -2.30. The van der Waals surface area contributed by atoms with E-state index in [0.717, 1.165) is 23.0 Å². The monoisotopic (exact) mass is 471 g/mol. The third-order valence-electron chi connectivity index (χ3n) is 5.46. The van der Waals surface area contributed by atoms with Crippen molar-refractivity contribution in [3.05, 3.63) is 121 Å². The molecule has 0 N–H and O–H groups in total. The second kappa shape index (κ2) is 11.0. The smallest absolute Gasteiger partial charge is 0.404 e. The van der Waals surface area contributed by atoms with Gasteiger partial charge in [-0.1, -0.05) is 91.0 Å². The molecular formula is C28H26NO4P. The molecule has 5 nitrogen and oxygen atoms in total. The fourth-order valence-electron chi connectivity index (χ4n) is 3.53. The molecule has 0 aliphatic rings. The van der Waals surface area contributed by atoms with Crippen molar-refractivity contribution >= 4 is 14.0 Å². The Morgan fingerprint density at radius 1 is 0.706 bits per heavy atom. The van der Waals surface area contributed by atoms with Crippen LogP contribution < -0.4 is 9.05 Å². The summed E-state index contributed by atoms with van der Waals surface area (Å²) in [7, 11) is -2.33. The summed E-state index contributed by atoms with van der Waals surface area (Å²) in [5.41, 5.74) is 3.15. The van der Waals surface area contributed by atoms with Gasteiger partial charge in [0.2, 0.25) is 0 Å². The van der Waals surface area contributed by atoms with Crippen LogP contribution in [0.25, 0.3) is 11.1 Å². The third-order valence-corrected chi connectivity index (χ3v) is 7.41. The molecule has 0 bridgehead atoms. The van der Waals surface area contributed by atoms with Crippen LogP contribution in [0, 0.1) is 0 Å². The number of nitrogens with zero attached hydrogens (tertiary/aromatic N) is 1. The molecule has 4 aromatic carbocycles. The first-order valence-corrected chi connectivity index (χ1v) is 12.5. The molecule has 0 saturated carbocycles. The van der Waals surface area contributed by atoms with Crippen LogP contribution in [0.5, 0.6) is 11.5 Å². The zero-order valence-electron chi connectivity index (χ0n) is 18.9. The van der Waals surface area contributed by atoms with Gasteiger partial charge in [-0.3, -0.25) is 0 Å². The number of rotatable bonds is 10. The number of likely N-dealkylation sites (N-methyl/N-ethyl adjacent to an activating group) is 1. The summed E-state index contributed by atoms with van der Waals surface area (Å²) in [5.74, 6) is 0.788. The van der Waals surface area contributed by atoms with E-state index in [9.17, 15) is 9.36 Å². The van der Waals surface area contributed by atoms with Crippen LogP contribution in [-0.4, -0.2) is 24.0 Å². The normalized spacial score (nSPS) is 12.2. The third kappa shape index (κ3) is 5.82. The van der Waals surface area contributed by atoms with Crippen molar-refractivity contribution in [2.75, 3.05) is 7.05 Å². The van der Waals surface area contributed by atoms with Crippen molar-refractivity contribution in [2.45, 2.75) is 12.5 Å². The van der Waals surface area contributed by atoms with Crippen molar-refractivity contribution in [3.8, 4) is 22.6 Å². The Bertz CT molecular complexity index is 1190. The van der Waals surface area contributed by atoms with Crippen LogP contribution in [0.2, 0.25) is 0 Å². The molecule has 0 heterocycles. The fraction of sp³-hybridized carbons (Fsp3) is 0.107. The average Bonchev–Trinajstić information content (AvgIpc) is 2.89. The van der Waals surface area contributed by atoms with Crippen molar-refractivity contribution in [1.82, 2.24) is 4.67 Å². The maximum Gasteiger partial charge on any atom is 0.515 e. The van der Waals surface area contributed by atoms with Gasteiger partial charge in [0.15, 0.2) is 0 Å². The van der Waals surface area contributed by atoms with Gasteiger partial charge in [0.05, 0.1) is 6.04 Å². The summed E-state index contributed by atoms with van der Waals surface area (Å²) >= 11 is 0. The van der Waals surface area contributed by atoms with E-state index >= 15 is 0 Å². The number of benzene rings is 4. The summed E-state index contributed by atoms with van der Waals surface area (Å²) in [6.07, 6.45) is 1.13. The largest absolute Gasteiger partial charge is 0.515 e. The second-order valence-electron chi connectivity index (χ2n) is 7.82. The first-order valence-electron chi connectivity index (χ1n) is 11.0. The molecule has 34 heavy (non-hydrogen) atoms. The van der Waals surface area contributed by atoms with Crippen LogP contribution in [-0.2, 0) is 15.8 Å². The molecule has 0 unspecified atom stereocenters. The zero-order chi connectivity index (χ0) is 23.8. The Morgan fingerprint density at radius 2 is 1.15 bits per heavy atom. The number of hydrogen-bond donors (Lipinski definition) is 0. The molecule has 172 valence electrons. The highest BCUT2D eigenvalue weighted by Crippen LogP contribution is 2.52. The fourth-order valence-corrected chi connectivity index (χ4v) is 5.10. The second-order valence-corrected chi connectivity index (χ2v) is 9.75. The summed E-state index contributed by atoms with van der Waals surface area (Å²) in [5, 5.41) is 0. The van der Waals surface area contributed by atoms with Crippen molar-refractivity contribution in [3.63, 3.8) is 0 Å². The average molecular weight is 471 g/mol. The van der Waals surface area contributed by atoms with Gasteiger partial charge in [-0.05, 0) is 47.4 Å². The lowest BCUT2D eigenvalue weighted by molar-refractivity contribution is -0.111. The Balaban J connectivity index is 1.56. The molecule has 0 spiro atoms. The quantitative estimate of drug-likeness (QED) is 0.191. The minimum atomic E-state index is -3.92. The van der Waals surface area contributed by atoms with Gasteiger partial charge in [-0.2, -0.15) is 4.67 Å². The molecule has 4 aromatic rings. The molecule has 0 saturated heterocycles. The molecule has 6 heteroatoms. The minimum Gasteiger partial charge on any atom is -0.404 e. The lowest BCUT2D eigenvalue weighted by atomic mass is 10.0. The van der Waals surface area contributed by atoms with E-state index in [1.165, 1.54) is 4.67 Å². The van der Waals surface area contributed by atoms with E-state index in [2.05, 4.69) is 12.1 Å². The highest BCUT2D eigenvalue weighted by molar-refractivity contribution is 7.52. The van der Waals surface area contributed by atoms with E-state index in [4.69, 9.17) is 9.05 Å². The van der Waals surface area contributed by atoms with Crippen LogP contribution in [0.15, 0.2) is 115 Å². The summed E-state index contributed by atoms with van der Waals surface area (Å²) in [6, 6.07) is 35.0. The van der Waals surface area contributed by atoms with Gasteiger partial charge in [-0.15, -0.1) is 0 Å². The molecule has 0 fully saturated rings. The van der Waals surface area contributed by atoms with Crippen molar-refractivity contribution in [1.29, 1.82) is 0 Å². The Labute approximate surface area is 200 Å². The van der Waals surface area contributed by atoms with Crippen LogP contribution in [0.4, 0.5) is 0 Å². The van der Waals surface area contributed by atoms with Gasteiger partial charge in [-0.25, -0.2) is 4.57 Å². The molecular weight excluding hydrogens is 445 g/mol. The number of hydrogen-bond acceptors (Lipinski definition) is 4. The van der Waals surface area contributed by atoms with Gasteiger partial charge in [0.25, 0.3) is 0 Å². The Hall–Kier alpha value is -3.66. The van der Waals surface area contributed by atoms with E-state index in [0.29, 0.717) is 17.9 Å². The Kier molecular flexibility index (Phi) is 7.58. The van der Waals surface area contributed by atoms with E-state index in [1.54, 1.807) is 55.6 Å². The van der Waals surface area contributed by atoms with Crippen LogP contribution >= 0.6 is 7.75 Å². The summed E-state index contributed by atoms with van der Waals surface area (Å²) in [4.78, 5) is 12.1. The Morgan fingerprint density at radius 3 is 1.62 bits per heavy atom. The first kappa shape index (κ1) is 23.5. The molecule has 0 radical (unpaired) electrons. The van der Waals surface area contributed by atoms with Gasteiger partial charge >= 0.3 is 7.75 Å². The molecule has 0 aromatic heterocycles. The first-order chi connectivity index (χ1) is 16.6. The molecule has 0 aliphatic heterocycles. The highest BCUT2D eigenvalue weighted by Gasteiger charge is 2.39. The predicted octanol–water partition coefficient (Wildman–Crippen LogP) is 6.66. The number of aldehydes is 1. The predicted molar refractivity (Wildman–Crippen MR) is 135 cm³/mol. The van der Waals surface area contributed by atoms with Crippen molar-refractivity contribution < 1.29 is 18.4 Å². The molecule has 1 atom stereocenters. The molecule has 4 rings (SSSR count). The lowest BCUT2D eigenvalue weighted by Crippen LogP contribution is -2.35. The van der Waals surface area contributed by atoms with E-state index < -0.39 is 13.8 Å². The number of carbonyl (C=O) groups excluding carboxylic acids is 1. The van der Waals surface area contributed by atoms with Crippen LogP contribution in [0.1, 0.15) is 5.56 Å². The van der Waals surface area contributed by atoms with Crippen molar-refractivity contribution in [2.24, 2.45) is 0 Å². The SMILES string of the molecule is CN([C@H](C=O)Cc1ccc(-c2ccccc2)cc1)P(=O)(Oc1ccccc1)Oc1ccccc1. The minimum absolute atomic E-state index is 0.357. The zero-order valence-corrected chi connectivity index (χ0v) is 19.8. The van der Waals surface area contributed by atoms with Gasteiger partial charge in [0, 0.05) is 7.05 Å². The molecule has 0 aliphatic carbocycles. The molecule has 0 amide bonds.